The largest absolute Gasteiger partial charge is 0.462 e. The molecular weight excluding hydrogens is 314 g/mol. The first-order chi connectivity index (χ1) is 11.9. The van der Waals surface area contributed by atoms with Gasteiger partial charge in [0.2, 0.25) is 0 Å². The van der Waals surface area contributed by atoms with E-state index in [1.807, 2.05) is 0 Å². The minimum absolute atomic E-state index is 0.0198. The van der Waals surface area contributed by atoms with Crippen LogP contribution >= 0.6 is 0 Å². The van der Waals surface area contributed by atoms with E-state index in [-0.39, 0.29) is 17.5 Å². The van der Waals surface area contributed by atoms with Crippen molar-refractivity contribution in [2.45, 2.75) is 78.2 Å². The Balaban J connectivity index is 1.69. The molecule has 0 aliphatic heterocycles. The summed E-state index contributed by atoms with van der Waals surface area (Å²) in [5.41, 5.74) is 2.81. The van der Waals surface area contributed by atoms with Crippen LogP contribution in [0.5, 0.6) is 0 Å². The molecule has 4 heteroatoms. The molecule has 0 unspecified atom stereocenters. The summed E-state index contributed by atoms with van der Waals surface area (Å²) >= 11 is 0. The number of carbonyl (C=O) groups is 1. The van der Waals surface area contributed by atoms with E-state index in [9.17, 15) is 10.0 Å². The second kappa shape index (κ2) is 5.85. The molecule has 4 rings (SSSR count). The molecular formula is C21H31NO3. The number of hydrogen-bond donors (Lipinski definition) is 1. The van der Waals surface area contributed by atoms with Crippen molar-refractivity contribution < 1.29 is 14.7 Å². The minimum Gasteiger partial charge on any atom is -0.462 e. The van der Waals surface area contributed by atoms with Crippen LogP contribution in [0.25, 0.3) is 0 Å². The Morgan fingerprint density at radius 2 is 2.00 bits per heavy atom. The summed E-state index contributed by atoms with van der Waals surface area (Å²) in [7, 11) is 0. The molecule has 3 saturated carbocycles. The van der Waals surface area contributed by atoms with Crippen molar-refractivity contribution in [2.24, 2.45) is 33.7 Å². The quantitative estimate of drug-likeness (QED) is 0.425. The summed E-state index contributed by atoms with van der Waals surface area (Å²) in [5.74, 6) is 1.41. The summed E-state index contributed by atoms with van der Waals surface area (Å²) in [6, 6.07) is 0. The second-order valence-electron chi connectivity index (χ2n) is 9.41. The Hall–Kier alpha value is -1.32. The number of esters is 1. The van der Waals surface area contributed by atoms with Gasteiger partial charge in [-0.1, -0.05) is 31.0 Å². The molecule has 0 aromatic heterocycles. The zero-order valence-corrected chi connectivity index (χ0v) is 15.8. The molecule has 0 aromatic rings. The lowest BCUT2D eigenvalue weighted by Gasteiger charge is -2.57. The number of allylic oxidation sites excluding steroid dienone is 1. The van der Waals surface area contributed by atoms with Crippen LogP contribution in [0.4, 0.5) is 0 Å². The van der Waals surface area contributed by atoms with E-state index < -0.39 is 0 Å². The molecule has 0 spiro atoms. The first kappa shape index (κ1) is 17.1. The van der Waals surface area contributed by atoms with Crippen molar-refractivity contribution in [2.75, 3.05) is 0 Å². The normalized spacial score (nSPS) is 47.5. The Labute approximate surface area is 150 Å². The van der Waals surface area contributed by atoms with Crippen molar-refractivity contribution in [3.8, 4) is 0 Å². The van der Waals surface area contributed by atoms with E-state index >= 15 is 0 Å². The fourth-order valence-corrected chi connectivity index (χ4v) is 6.81. The molecule has 0 aromatic carbocycles. The number of nitrogens with zero attached hydrogens (tertiary/aromatic N) is 1. The van der Waals surface area contributed by atoms with E-state index in [1.165, 1.54) is 44.6 Å². The number of oxime groups is 1. The van der Waals surface area contributed by atoms with Gasteiger partial charge in [0, 0.05) is 19.3 Å². The van der Waals surface area contributed by atoms with Gasteiger partial charge in [0.05, 0.1) is 5.71 Å². The van der Waals surface area contributed by atoms with Crippen molar-refractivity contribution in [3.63, 3.8) is 0 Å². The van der Waals surface area contributed by atoms with Gasteiger partial charge in [-0.2, -0.15) is 0 Å². The van der Waals surface area contributed by atoms with Crippen LogP contribution < -0.4 is 0 Å². The van der Waals surface area contributed by atoms with Crippen LogP contribution in [-0.2, 0) is 9.53 Å². The Morgan fingerprint density at radius 1 is 1.20 bits per heavy atom. The van der Waals surface area contributed by atoms with E-state index in [0.717, 1.165) is 25.0 Å². The summed E-state index contributed by atoms with van der Waals surface area (Å²) in [5, 5.41) is 13.5. The highest BCUT2D eigenvalue weighted by Gasteiger charge is 2.58. The van der Waals surface area contributed by atoms with Gasteiger partial charge in [0.25, 0.3) is 0 Å². The predicted octanol–water partition coefficient (Wildman–Crippen LogP) is 4.71. The summed E-state index contributed by atoms with van der Waals surface area (Å²) < 4.78 is 5.49. The van der Waals surface area contributed by atoms with Crippen molar-refractivity contribution in [1.82, 2.24) is 0 Å². The highest BCUT2D eigenvalue weighted by atomic mass is 16.5. The number of carbonyl (C=O) groups excluding carboxylic acids is 1. The molecule has 4 aliphatic rings. The molecule has 0 bridgehead atoms. The molecule has 0 heterocycles. The lowest BCUT2D eigenvalue weighted by Crippen LogP contribution is -2.52. The monoisotopic (exact) mass is 345 g/mol. The first-order valence-corrected chi connectivity index (χ1v) is 9.97. The van der Waals surface area contributed by atoms with E-state index in [0.29, 0.717) is 23.2 Å². The van der Waals surface area contributed by atoms with Crippen LogP contribution in [0.2, 0.25) is 0 Å². The van der Waals surface area contributed by atoms with Crippen LogP contribution in [-0.4, -0.2) is 23.0 Å². The van der Waals surface area contributed by atoms with Gasteiger partial charge in [-0.25, -0.2) is 0 Å². The number of rotatable bonds is 1. The van der Waals surface area contributed by atoms with Crippen LogP contribution in [0.3, 0.4) is 0 Å². The molecule has 138 valence electrons. The third-order valence-corrected chi connectivity index (χ3v) is 8.15. The van der Waals surface area contributed by atoms with Gasteiger partial charge < -0.3 is 9.94 Å². The number of hydrogen-bond acceptors (Lipinski definition) is 4. The van der Waals surface area contributed by atoms with Crippen molar-refractivity contribution in [1.29, 1.82) is 0 Å². The van der Waals surface area contributed by atoms with Crippen LogP contribution in [0.1, 0.15) is 72.1 Å². The second-order valence-corrected chi connectivity index (χ2v) is 9.41. The van der Waals surface area contributed by atoms with Crippen LogP contribution in [0.15, 0.2) is 16.8 Å². The third-order valence-electron chi connectivity index (χ3n) is 8.15. The van der Waals surface area contributed by atoms with E-state index in [1.54, 1.807) is 0 Å². The Kier molecular flexibility index (Phi) is 4.01. The molecule has 1 N–H and O–H groups in total. The van der Waals surface area contributed by atoms with Gasteiger partial charge in [-0.15, -0.1) is 0 Å². The molecule has 25 heavy (non-hydrogen) atoms. The molecule has 3 fully saturated rings. The summed E-state index contributed by atoms with van der Waals surface area (Å²) in [4.78, 5) is 11.4. The van der Waals surface area contributed by atoms with Gasteiger partial charge in [0.15, 0.2) is 0 Å². The average Bonchev–Trinajstić information content (AvgIpc) is 2.96. The van der Waals surface area contributed by atoms with Gasteiger partial charge in [0.1, 0.15) is 6.10 Å². The van der Waals surface area contributed by atoms with Gasteiger partial charge in [-0.05, 0) is 67.3 Å². The predicted molar refractivity (Wildman–Crippen MR) is 96.5 cm³/mol. The maximum absolute atomic E-state index is 11.4. The fraction of sp³-hybridized carbons (Fsp3) is 0.810. The maximum atomic E-state index is 11.4. The fourth-order valence-electron chi connectivity index (χ4n) is 6.81. The minimum atomic E-state index is -0.196. The van der Waals surface area contributed by atoms with Crippen molar-refractivity contribution in [3.05, 3.63) is 11.6 Å². The van der Waals surface area contributed by atoms with E-state index in [2.05, 4.69) is 25.1 Å². The smallest absolute Gasteiger partial charge is 0.302 e. The van der Waals surface area contributed by atoms with Gasteiger partial charge in [-0.3, -0.25) is 4.79 Å². The number of ether oxygens (including phenoxy) is 1. The SMILES string of the molecule is CC(=O)O[C@H]1CC[C@@]2(C)C(=C/C(=N\O)[C@H]3[C@@H]4CCC[C@@]4(C)CC[C@@H]32)C1. The average molecular weight is 345 g/mol. The molecule has 6 atom stereocenters. The summed E-state index contributed by atoms with van der Waals surface area (Å²) in [6.07, 6.45) is 11.4. The standard InChI is InChI=1S/C21H31NO3/c1-13(23)25-15-6-10-21(3)14(11-15)12-18(22-24)19-16-5-4-8-20(16,2)9-7-17(19)21/h12,15-17,19,24H,4-11H2,1-3H3/b22-18+/t15-,16-,17-,19-,20-,21-/m0/s1. The molecule has 4 nitrogen and oxygen atoms in total. The van der Waals surface area contributed by atoms with E-state index in [4.69, 9.17) is 4.74 Å². The highest BCUT2D eigenvalue weighted by Crippen LogP contribution is 2.64. The highest BCUT2D eigenvalue weighted by molar-refractivity contribution is 5.99. The molecule has 0 saturated heterocycles. The lowest BCUT2D eigenvalue weighted by molar-refractivity contribution is -0.148. The van der Waals surface area contributed by atoms with Gasteiger partial charge >= 0.3 is 5.97 Å². The summed E-state index contributed by atoms with van der Waals surface area (Å²) in [6.45, 7) is 6.35. The first-order valence-electron chi connectivity index (χ1n) is 9.97. The lowest BCUT2D eigenvalue weighted by atomic mass is 9.47. The van der Waals surface area contributed by atoms with Crippen LogP contribution in [0, 0.1) is 28.6 Å². The molecule has 0 radical (unpaired) electrons. The molecule has 0 amide bonds. The zero-order chi connectivity index (χ0) is 17.8. The Morgan fingerprint density at radius 3 is 2.72 bits per heavy atom. The maximum Gasteiger partial charge on any atom is 0.302 e. The Bertz CT molecular complexity index is 639. The zero-order valence-electron chi connectivity index (χ0n) is 15.8. The van der Waals surface area contributed by atoms with Crippen molar-refractivity contribution >= 4 is 11.7 Å². The number of fused-ring (bicyclic) bond motifs is 5. The topological polar surface area (TPSA) is 58.9 Å². The molecule has 4 aliphatic carbocycles. The third kappa shape index (κ3) is 2.55.